The number of halogens is 2. The molecule has 1 fully saturated rings. The molecule has 0 bridgehead atoms. The predicted octanol–water partition coefficient (Wildman–Crippen LogP) is 3.35. The van der Waals surface area contributed by atoms with E-state index in [1.807, 2.05) is 34.6 Å². The Bertz CT molecular complexity index is 544. The Balaban J connectivity index is 2.51. The highest BCUT2D eigenvalue weighted by atomic mass is 35.5. The zero-order valence-corrected chi connectivity index (χ0v) is 14.1. The van der Waals surface area contributed by atoms with Crippen LogP contribution in [0, 0.1) is 5.82 Å². The number of ether oxygens (including phenoxy) is 1. The van der Waals surface area contributed by atoms with Gasteiger partial charge in [-0.15, -0.1) is 0 Å². The second-order valence-electron chi connectivity index (χ2n) is 6.22. The second kappa shape index (κ2) is 5.45. The van der Waals surface area contributed by atoms with Crippen LogP contribution in [0.2, 0.25) is 5.02 Å². The van der Waals surface area contributed by atoms with Crippen LogP contribution in [0.1, 0.15) is 40.2 Å². The summed E-state index contributed by atoms with van der Waals surface area (Å²) < 4.78 is 31.2. The van der Waals surface area contributed by atoms with Crippen LogP contribution in [0.5, 0.6) is 5.75 Å². The zero-order valence-electron chi connectivity index (χ0n) is 13.3. The molecule has 0 spiro atoms. The topological polar surface area (TPSA) is 27.7 Å². The Hall–Kier alpha value is -0.775. The third kappa shape index (κ3) is 2.67. The summed E-state index contributed by atoms with van der Waals surface area (Å²) in [6, 6.07) is 1.39. The fourth-order valence-corrected chi connectivity index (χ4v) is 2.79. The monoisotopic (exact) mass is 314 g/mol. The molecule has 0 saturated carbocycles. The van der Waals surface area contributed by atoms with E-state index < -0.39 is 24.1 Å². The van der Waals surface area contributed by atoms with Crippen molar-refractivity contribution in [1.29, 1.82) is 0 Å². The lowest BCUT2D eigenvalue weighted by Crippen LogP contribution is -2.41. The number of hydrogen-bond acceptors (Lipinski definition) is 3. The minimum absolute atomic E-state index is 0.0637. The number of methoxy groups -OCH3 is 1. The van der Waals surface area contributed by atoms with E-state index >= 15 is 0 Å². The van der Waals surface area contributed by atoms with Gasteiger partial charge < -0.3 is 14.0 Å². The van der Waals surface area contributed by atoms with E-state index in [0.29, 0.717) is 11.9 Å². The van der Waals surface area contributed by atoms with E-state index in [1.54, 1.807) is 0 Å². The highest BCUT2D eigenvalue weighted by Gasteiger charge is 2.52. The fourth-order valence-electron chi connectivity index (χ4n) is 2.38. The molecule has 0 unspecified atom stereocenters. The highest BCUT2D eigenvalue weighted by molar-refractivity contribution is 6.63. The molecule has 0 N–H and O–H groups in total. The molecule has 21 heavy (non-hydrogen) atoms. The van der Waals surface area contributed by atoms with Gasteiger partial charge in [0, 0.05) is 0 Å². The van der Waals surface area contributed by atoms with E-state index in [2.05, 4.69) is 0 Å². The van der Waals surface area contributed by atoms with Crippen LogP contribution in [-0.4, -0.2) is 25.4 Å². The lowest BCUT2D eigenvalue weighted by atomic mass is 9.75. The van der Waals surface area contributed by atoms with Gasteiger partial charge in [-0.1, -0.05) is 18.5 Å². The van der Waals surface area contributed by atoms with Gasteiger partial charge in [0.2, 0.25) is 0 Å². The smallest absolute Gasteiger partial charge is 0.492 e. The largest absolute Gasteiger partial charge is 0.495 e. The Kier molecular flexibility index (Phi) is 4.31. The average Bonchev–Trinajstić information content (AvgIpc) is 2.58. The molecule has 116 valence electrons. The minimum atomic E-state index is -0.636. The van der Waals surface area contributed by atoms with Gasteiger partial charge in [-0.05, 0) is 51.2 Å². The van der Waals surface area contributed by atoms with Crippen molar-refractivity contribution in [2.75, 3.05) is 7.11 Å². The Morgan fingerprint density at radius 2 is 1.76 bits per heavy atom. The predicted molar refractivity (Wildman–Crippen MR) is 83.1 cm³/mol. The van der Waals surface area contributed by atoms with Gasteiger partial charge in [-0.2, -0.15) is 0 Å². The standard InChI is InChI=1S/C15H21BClFO3/c1-7-9-10(8-11(18)13(19-6)12(9)17)16-20-14(2,3)15(4,5)21-16/h8H,7H2,1-6H3. The van der Waals surface area contributed by atoms with E-state index in [1.165, 1.54) is 13.2 Å². The summed E-state index contributed by atoms with van der Waals surface area (Å²) in [7, 11) is 0.765. The quantitative estimate of drug-likeness (QED) is 0.801. The van der Waals surface area contributed by atoms with Crippen molar-refractivity contribution < 1.29 is 18.4 Å². The third-order valence-electron chi connectivity index (χ3n) is 4.38. The van der Waals surface area contributed by atoms with Crippen molar-refractivity contribution in [1.82, 2.24) is 0 Å². The highest BCUT2D eigenvalue weighted by Crippen LogP contribution is 2.38. The molecule has 0 radical (unpaired) electrons. The molecule has 1 aromatic rings. The maximum atomic E-state index is 14.1. The minimum Gasteiger partial charge on any atom is -0.492 e. The van der Waals surface area contributed by atoms with Crippen LogP contribution in [0.25, 0.3) is 0 Å². The molecule has 1 saturated heterocycles. The second-order valence-corrected chi connectivity index (χ2v) is 6.59. The molecule has 3 nitrogen and oxygen atoms in total. The molecular weight excluding hydrogens is 293 g/mol. The van der Waals surface area contributed by atoms with Crippen LogP contribution in [-0.2, 0) is 15.7 Å². The SMILES string of the molecule is CCc1c(B2OC(C)(C)C(C)(C)O2)cc(F)c(OC)c1Cl. The molecule has 1 aliphatic rings. The zero-order chi connectivity index (χ0) is 16.0. The van der Waals surface area contributed by atoms with Gasteiger partial charge in [0.15, 0.2) is 11.6 Å². The van der Waals surface area contributed by atoms with Crippen LogP contribution < -0.4 is 10.2 Å². The van der Waals surface area contributed by atoms with Crippen LogP contribution in [0.3, 0.4) is 0 Å². The molecule has 1 aliphatic heterocycles. The molecule has 1 heterocycles. The average molecular weight is 315 g/mol. The van der Waals surface area contributed by atoms with Crippen molar-refractivity contribution in [3.05, 3.63) is 22.5 Å². The van der Waals surface area contributed by atoms with Crippen molar-refractivity contribution in [3.8, 4) is 5.75 Å². The Morgan fingerprint density at radius 1 is 1.24 bits per heavy atom. The number of rotatable bonds is 3. The molecule has 6 heteroatoms. The van der Waals surface area contributed by atoms with E-state index in [9.17, 15) is 4.39 Å². The summed E-state index contributed by atoms with van der Waals surface area (Å²) in [6.07, 6.45) is 0.634. The van der Waals surface area contributed by atoms with Gasteiger partial charge in [-0.25, -0.2) is 4.39 Å². The Labute approximate surface area is 130 Å². The first-order valence-electron chi connectivity index (χ1n) is 7.05. The van der Waals surface area contributed by atoms with Crippen molar-refractivity contribution >= 4 is 24.2 Å². The van der Waals surface area contributed by atoms with Crippen molar-refractivity contribution in [3.63, 3.8) is 0 Å². The van der Waals surface area contributed by atoms with E-state index in [-0.39, 0.29) is 10.8 Å². The summed E-state index contributed by atoms with van der Waals surface area (Å²) in [5.74, 6) is -0.446. The van der Waals surface area contributed by atoms with Gasteiger partial charge in [0.25, 0.3) is 0 Å². The maximum Gasteiger partial charge on any atom is 0.495 e. The summed E-state index contributed by atoms with van der Waals surface area (Å²) in [6.45, 7) is 9.79. The first-order valence-corrected chi connectivity index (χ1v) is 7.42. The van der Waals surface area contributed by atoms with Gasteiger partial charge in [0.05, 0.1) is 23.3 Å². The number of benzene rings is 1. The van der Waals surface area contributed by atoms with Crippen molar-refractivity contribution in [2.45, 2.75) is 52.2 Å². The number of hydrogen-bond donors (Lipinski definition) is 0. The maximum absolute atomic E-state index is 14.1. The van der Waals surface area contributed by atoms with Gasteiger partial charge in [0.1, 0.15) is 0 Å². The summed E-state index contributed by atoms with van der Waals surface area (Å²) >= 11 is 6.26. The van der Waals surface area contributed by atoms with Crippen LogP contribution >= 0.6 is 11.6 Å². The van der Waals surface area contributed by atoms with Crippen LogP contribution in [0.4, 0.5) is 4.39 Å². The van der Waals surface area contributed by atoms with E-state index in [0.717, 1.165) is 5.56 Å². The van der Waals surface area contributed by atoms with E-state index in [4.69, 9.17) is 25.6 Å². The summed E-state index contributed by atoms with van der Waals surface area (Å²) in [5, 5.41) is 0.282. The molecular formula is C15H21BClFO3. The summed E-state index contributed by atoms with van der Waals surface area (Å²) in [5.41, 5.74) is 0.449. The lowest BCUT2D eigenvalue weighted by molar-refractivity contribution is 0.00578. The first kappa shape index (κ1) is 16.6. The third-order valence-corrected chi connectivity index (χ3v) is 4.78. The molecule has 0 amide bonds. The molecule has 0 atom stereocenters. The summed E-state index contributed by atoms with van der Waals surface area (Å²) in [4.78, 5) is 0. The van der Waals surface area contributed by atoms with Gasteiger partial charge in [-0.3, -0.25) is 0 Å². The fraction of sp³-hybridized carbons (Fsp3) is 0.600. The molecule has 0 aliphatic carbocycles. The van der Waals surface area contributed by atoms with Crippen LogP contribution in [0.15, 0.2) is 6.07 Å². The molecule has 1 aromatic carbocycles. The lowest BCUT2D eigenvalue weighted by Gasteiger charge is -2.32. The van der Waals surface area contributed by atoms with Crippen molar-refractivity contribution in [2.24, 2.45) is 0 Å². The normalized spacial score (nSPS) is 19.9. The first-order chi connectivity index (χ1) is 9.64. The molecule has 0 aromatic heterocycles. The molecule has 2 rings (SSSR count). The Morgan fingerprint density at radius 3 is 2.19 bits per heavy atom. The van der Waals surface area contributed by atoms with Gasteiger partial charge >= 0.3 is 7.12 Å².